The van der Waals surface area contributed by atoms with Crippen molar-refractivity contribution in [3.63, 3.8) is 0 Å². The summed E-state index contributed by atoms with van der Waals surface area (Å²) in [6.45, 7) is 1.48. The summed E-state index contributed by atoms with van der Waals surface area (Å²) >= 11 is 6.44. The van der Waals surface area contributed by atoms with Crippen LogP contribution in [-0.4, -0.2) is 49.3 Å². The monoisotopic (exact) mass is 414 g/mol. The summed E-state index contributed by atoms with van der Waals surface area (Å²) in [5.74, 6) is 0.416. The average molecular weight is 415 g/mol. The van der Waals surface area contributed by atoms with Gasteiger partial charge >= 0.3 is 0 Å². The Morgan fingerprint density at radius 2 is 2.24 bits per heavy atom. The highest BCUT2D eigenvalue weighted by Gasteiger charge is 2.23. The third kappa shape index (κ3) is 2.93. The molecule has 4 heterocycles. The van der Waals surface area contributed by atoms with E-state index in [-0.39, 0.29) is 11.7 Å². The highest BCUT2D eigenvalue weighted by Crippen LogP contribution is 2.28. The molecule has 1 aliphatic heterocycles. The Bertz CT molecular complexity index is 1250. The lowest BCUT2D eigenvalue weighted by atomic mass is 10.2. The lowest BCUT2D eigenvalue weighted by Gasteiger charge is -2.13. The van der Waals surface area contributed by atoms with E-state index in [0.717, 1.165) is 30.7 Å². The molecular formula is C19H19ClN6O3. The highest BCUT2D eigenvalue weighted by molar-refractivity contribution is 6.35. The zero-order chi connectivity index (χ0) is 20.0. The fraction of sp³-hybridized carbons (Fsp3) is 0.368. The van der Waals surface area contributed by atoms with Gasteiger partial charge in [-0.3, -0.25) is 9.20 Å². The van der Waals surface area contributed by atoms with Gasteiger partial charge in [-0.25, -0.2) is 4.98 Å². The van der Waals surface area contributed by atoms with Gasteiger partial charge in [0.1, 0.15) is 18.1 Å². The molecule has 29 heavy (non-hydrogen) atoms. The number of benzene rings is 1. The molecule has 1 aliphatic rings. The van der Waals surface area contributed by atoms with Crippen LogP contribution in [0.3, 0.4) is 0 Å². The SMILES string of the molecule is COCCn1c(=O)c2c(-n3cc(C4CCCO4)nn3)ncn2c2cccc(Cl)c21. The maximum absolute atomic E-state index is 13.4. The lowest BCUT2D eigenvalue weighted by Crippen LogP contribution is -2.25. The van der Waals surface area contributed by atoms with Crippen LogP contribution in [0.4, 0.5) is 0 Å². The Hall–Kier alpha value is -2.75. The molecule has 1 fully saturated rings. The van der Waals surface area contributed by atoms with Gasteiger partial charge in [-0.15, -0.1) is 5.10 Å². The first kappa shape index (κ1) is 18.3. The molecule has 0 radical (unpaired) electrons. The quantitative estimate of drug-likeness (QED) is 0.498. The molecule has 9 nitrogen and oxygen atoms in total. The number of nitrogens with zero attached hydrogens (tertiary/aromatic N) is 6. The fourth-order valence-corrected chi connectivity index (χ4v) is 4.09. The molecule has 0 N–H and O–H groups in total. The molecule has 1 unspecified atom stereocenters. The van der Waals surface area contributed by atoms with Gasteiger partial charge in [0.15, 0.2) is 11.3 Å². The molecule has 4 aromatic rings. The molecular weight excluding hydrogens is 396 g/mol. The van der Waals surface area contributed by atoms with Crippen LogP contribution < -0.4 is 5.56 Å². The van der Waals surface area contributed by atoms with Gasteiger partial charge in [0.05, 0.1) is 28.9 Å². The third-order valence-electron chi connectivity index (χ3n) is 5.20. The zero-order valence-electron chi connectivity index (χ0n) is 15.8. The number of halogens is 1. The summed E-state index contributed by atoms with van der Waals surface area (Å²) < 4.78 is 15.8. The normalized spacial score (nSPS) is 17.0. The number of aromatic nitrogens is 6. The van der Waals surface area contributed by atoms with E-state index in [4.69, 9.17) is 21.1 Å². The second-order valence-corrected chi connectivity index (χ2v) is 7.34. The van der Waals surface area contributed by atoms with Gasteiger partial charge in [0.25, 0.3) is 5.56 Å². The minimum absolute atomic E-state index is 0.0596. The van der Waals surface area contributed by atoms with Gasteiger partial charge in [0.2, 0.25) is 0 Å². The predicted octanol–water partition coefficient (Wildman–Crippen LogP) is 2.38. The molecule has 1 atom stereocenters. The van der Waals surface area contributed by atoms with Crippen LogP contribution in [0.15, 0.2) is 35.5 Å². The molecule has 150 valence electrons. The zero-order valence-corrected chi connectivity index (χ0v) is 16.5. The van der Waals surface area contributed by atoms with E-state index in [0.29, 0.717) is 35.0 Å². The summed E-state index contributed by atoms with van der Waals surface area (Å²) in [5, 5.41) is 8.92. The summed E-state index contributed by atoms with van der Waals surface area (Å²) in [5.41, 5.74) is 2.35. The van der Waals surface area contributed by atoms with Crippen molar-refractivity contribution in [2.45, 2.75) is 25.5 Å². The number of hydrogen-bond donors (Lipinski definition) is 0. The molecule has 0 aliphatic carbocycles. The van der Waals surface area contributed by atoms with Crippen LogP contribution in [0, 0.1) is 0 Å². The van der Waals surface area contributed by atoms with E-state index < -0.39 is 0 Å². The number of hydrogen-bond acceptors (Lipinski definition) is 6. The molecule has 1 saturated heterocycles. The minimum atomic E-state index is -0.218. The molecule has 5 rings (SSSR count). The van der Waals surface area contributed by atoms with E-state index in [9.17, 15) is 4.79 Å². The van der Waals surface area contributed by atoms with E-state index in [1.165, 1.54) is 4.68 Å². The molecule has 0 saturated carbocycles. The summed E-state index contributed by atoms with van der Waals surface area (Å²) in [4.78, 5) is 17.9. The maximum atomic E-state index is 13.4. The first-order valence-corrected chi connectivity index (χ1v) is 9.78. The molecule has 1 aromatic carbocycles. The largest absolute Gasteiger partial charge is 0.383 e. The number of methoxy groups -OCH3 is 1. The smallest absolute Gasteiger partial charge is 0.279 e. The van der Waals surface area contributed by atoms with E-state index in [1.807, 2.05) is 12.1 Å². The fourth-order valence-electron chi connectivity index (χ4n) is 3.82. The second-order valence-electron chi connectivity index (χ2n) is 6.93. The van der Waals surface area contributed by atoms with Crippen LogP contribution in [0.5, 0.6) is 0 Å². The van der Waals surface area contributed by atoms with Gasteiger partial charge < -0.3 is 14.0 Å². The minimum Gasteiger partial charge on any atom is -0.383 e. The predicted molar refractivity (Wildman–Crippen MR) is 107 cm³/mol. The van der Waals surface area contributed by atoms with Gasteiger partial charge in [-0.1, -0.05) is 22.9 Å². The first-order chi connectivity index (χ1) is 14.2. The van der Waals surface area contributed by atoms with Crippen LogP contribution in [0.2, 0.25) is 5.02 Å². The third-order valence-corrected chi connectivity index (χ3v) is 5.50. The topological polar surface area (TPSA) is 88.5 Å². The van der Waals surface area contributed by atoms with Crippen LogP contribution in [-0.2, 0) is 16.0 Å². The van der Waals surface area contributed by atoms with Crippen LogP contribution in [0.25, 0.3) is 22.4 Å². The summed E-state index contributed by atoms with van der Waals surface area (Å²) in [6, 6.07) is 5.52. The number of para-hydroxylation sites is 1. The van der Waals surface area contributed by atoms with Gasteiger partial charge in [-0.2, -0.15) is 4.68 Å². The standard InChI is InChI=1S/C19H19ClN6O3/c1-28-9-7-24-16-12(20)4-2-5-14(16)25-11-21-18(17(25)19(24)27)26-10-13(22-23-26)15-6-3-8-29-15/h2,4-5,10-11,15H,3,6-9H2,1H3. The highest BCUT2D eigenvalue weighted by atomic mass is 35.5. The summed E-state index contributed by atoms with van der Waals surface area (Å²) in [6.07, 6.45) is 5.24. The first-order valence-electron chi connectivity index (χ1n) is 9.40. The maximum Gasteiger partial charge on any atom is 0.279 e. The van der Waals surface area contributed by atoms with Crippen LogP contribution >= 0.6 is 11.6 Å². The Morgan fingerprint density at radius 1 is 1.34 bits per heavy atom. The summed E-state index contributed by atoms with van der Waals surface area (Å²) in [7, 11) is 1.60. The number of rotatable bonds is 5. The Labute approximate surface area is 170 Å². The molecule has 10 heteroatoms. The van der Waals surface area contributed by atoms with Gasteiger partial charge in [0, 0.05) is 20.3 Å². The van der Waals surface area contributed by atoms with Crippen molar-refractivity contribution >= 4 is 28.2 Å². The van der Waals surface area contributed by atoms with Crippen molar-refractivity contribution in [2.75, 3.05) is 20.3 Å². The van der Waals surface area contributed by atoms with E-state index >= 15 is 0 Å². The Morgan fingerprint density at radius 3 is 3.03 bits per heavy atom. The molecule has 0 spiro atoms. The van der Waals surface area contributed by atoms with Gasteiger partial charge in [-0.05, 0) is 25.0 Å². The van der Waals surface area contributed by atoms with Crippen molar-refractivity contribution in [3.8, 4) is 5.82 Å². The van der Waals surface area contributed by atoms with E-state index in [1.54, 1.807) is 34.7 Å². The van der Waals surface area contributed by atoms with Crippen molar-refractivity contribution in [1.29, 1.82) is 0 Å². The van der Waals surface area contributed by atoms with E-state index in [2.05, 4.69) is 15.3 Å². The second kappa shape index (κ2) is 7.25. The van der Waals surface area contributed by atoms with Crippen molar-refractivity contribution in [1.82, 2.24) is 28.9 Å². The van der Waals surface area contributed by atoms with Crippen molar-refractivity contribution in [3.05, 3.63) is 51.8 Å². The lowest BCUT2D eigenvalue weighted by molar-refractivity contribution is 0.108. The number of ether oxygens (including phenoxy) is 2. The Balaban J connectivity index is 1.73. The number of fused-ring (bicyclic) bond motifs is 3. The number of imidazole rings is 1. The average Bonchev–Trinajstić information content (AvgIpc) is 3.47. The van der Waals surface area contributed by atoms with Crippen molar-refractivity contribution < 1.29 is 9.47 Å². The van der Waals surface area contributed by atoms with Crippen LogP contribution in [0.1, 0.15) is 24.6 Å². The molecule has 0 amide bonds. The Kier molecular flexibility index (Phi) is 4.57. The molecule has 3 aromatic heterocycles. The molecule has 0 bridgehead atoms. The van der Waals surface area contributed by atoms with Crippen molar-refractivity contribution in [2.24, 2.45) is 0 Å².